The van der Waals surface area contributed by atoms with Gasteiger partial charge in [-0.2, -0.15) is 0 Å². The molecule has 0 aromatic heterocycles. The van der Waals surface area contributed by atoms with Crippen LogP contribution in [0.3, 0.4) is 0 Å². The van der Waals surface area contributed by atoms with E-state index in [2.05, 4.69) is 30.8 Å². The Bertz CT molecular complexity index is 1170. The first-order valence-electron chi connectivity index (χ1n) is 9.78. The number of rotatable bonds is 6. The molecule has 0 aliphatic heterocycles. The molecule has 0 aliphatic carbocycles. The number of amides is 1. The van der Waals surface area contributed by atoms with E-state index in [1.165, 1.54) is 13.2 Å². The van der Waals surface area contributed by atoms with E-state index in [-0.39, 0.29) is 21.9 Å². The summed E-state index contributed by atoms with van der Waals surface area (Å²) in [5, 5.41) is 2.78. The standard InChI is InChI=1S/C24H26N2O4S/c1-24(2,3)18-11-13-20(14-12-18)31(28,29)26-21-16-17(10-15-22(21)30-4)23(27)25-19-8-6-5-7-9-19/h5-16,26H,1-4H3,(H,25,27). The molecule has 3 rings (SSSR count). The molecular formula is C24H26N2O4S. The fourth-order valence-corrected chi connectivity index (χ4v) is 4.05. The second kappa shape index (κ2) is 8.81. The molecule has 1 amide bonds. The summed E-state index contributed by atoms with van der Waals surface area (Å²) in [4.78, 5) is 12.7. The van der Waals surface area contributed by atoms with Gasteiger partial charge in [0.25, 0.3) is 15.9 Å². The molecule has 0 saturated heterocycles. The van der Waals surface area contributed by atoms with Crippen LogP contribution in [0, 0.1) is 0 Å². The van der Waals surface area contributed by atoms with Gasteiger partial charge in [0.15, 0.2) is 0 Å². The summed E-state index contributed by atoms with van der Waals surface area (Å²) < 4.78 is 33.7. The molecule has 0 bridgehead atoms. The van der Waals surface area contributed by atoms with Crippen LogP contribution in [0.5, 0.6) is 5.75 Å². The highest BCUT2D eigenvalue weighted by Crippen LogP contribution is 2.29. The summed E-state index contributed by atoms with van der Waals surface area (Å²) in [5.74, 6) is -0.0463. The van der Waals surface area contributed by atoms with Gasteiger partial charge in [0.05, 0.1) is 17.7 Å². The third-order valence-electron chi connectivity index (χ3n) is 4.77. The topological polar surface area (TPSA) is 84.5 Å². The van der Waals surface area contributed by atoms with Crippen LogP contribution in [0.4, 0.5) is 11.4 Å². The number of para-hydroxylation sites is 1. The van der Waals surface area contributed by atoms with E-state index in [1.54, 1.807) is 48.5 Å². The van der Waals surface area contributed by atoms with Crippen LogP contribution in [-0.2, 0) is 15.4 Å². The van der Waals surface area contributed by atoms with E-state index in [0.717, 1.165) is 5.56 Å². The van der Waals surface area contributed by atoms with E-state index < -0.39 is 10.0 Å². The molecule has 7 heteroatoms. The van der Waals surface area contributed by atoms with Gasteiger partial charge < -0.3 is 10.1 Å². The van der Waals surface area contributed by atoms with Gasteiger partial charge >= 0.3 is 0 Å². The van der Waals surface area contributed by atoms with Gasteiger partial charge in [-0.1, -0.05) is 51.1 Å². The molecule has 0 fully saturated rings. The molecule has 0 heterocycles. The number of methoxy groups -OCH3 is 1. The number of hydrogen-bond donors (Lipinski definition) is 2. The Morgan fingerprint density at radius 2 is 1.55 bits per heavy atom. The quantitative estimate of drug-likeness (QED) is 0.564. The Balaban J connectivity index is 1.87. The number of benzene rings is 3. The van der Waals surface area contributed by atoms with Crippen LogP contribution in [0.1, 0.15) is 36.7 Å². The molecule has 162 valence electrons. The lowest BCUT2D eigenvalue weighted by Crippen LogP contribution is -2.16. The van der Waals surface area contributed by atoms with Crippen LogP contribution in [-0.4, -0.2) is 21.4 Å². The van der Waals surface area contributed by atoms with Gasteiger partial charge in [0.2, 0.25) is 0 Å². The highest BCUT2D eigenvalue weighted by Gasteiger charge is 2.20. The molecule has 3 aromatic rings. The molecule has 6 nitrogen and oxygen atoms in total. The molecule has 0 saturated carbocycles. The Kier molecular flexibility index (Phi) is 6.36. The van der Waals surface area contributed by atoms with Crippen LogP contribution >= 0.6 is 0 Å². The largest absolute Gasteiger partial charge is 0.495 e. The Morgan fingerprint density at radius 3 is 2.13 bits per heavy atom. The van der Waals surface area contributed by atoms with Gasteiger partial charge in [-0.3, -0.25) is 9.52 Å². The van der Waals surface area contributed by atoms with Gasteiger partial charge in [0.1, 0.15) is 5.75 Å². The van der Waals surface area contributed by atoms with Crippen molar-refractivity contribution >= 4 is 27.3 Å². The maximum Gasteiger partial charge on any atom is 0.262 e. The van der Waals surface area contributed by atoms with Crippen molar-refractivity contribution in [3.63, 3.8) is 0 Å². The minimum atomic E-state index is -3.87. The predicted octanol–water partition coefficient (Wildman–Crippen LogP) is 5.05. The smallest absolute Gasteiger partial charge is 0.262 e. The number of ether oxygens (including phenoxy) is 1. The Labute approximate surface area is 183 Å². The zero-order chi connectivity index (χ0) is 22.6. The van der Waals surface area contributed by atoms with E-state index in [4.69, 9.17) is 4.74 Å². The maximum atomic E-state index is 12.9. The molecule has 0 atom stereocenters. The summed E-state index contributed by atoms with van der Waals surface area (Å²) in [6.07, 6.45) is 0. The van der Waals surface area contributed by atoms with Gasteiger partial charge in [-0.15, -0.1) is 0 Å². The summed E-state index contributed by atoms with van der Waals surface area (Å²) >= 11 is 0. The summed E-state index contributed by atoms with van der Waals surface area (Å²) in [5.41, 5.74) is 2.07. The molecule has 31 heavy (non-hydrogen) atoms. The lowest BCUT2D eigenvalue weighted by molar-refractivity contribution is 0.102. The second-order valence-electron chi connectivity index (χ2n) is 8.12. The van der Waals surface area contributed by atoms with Crippen molar-refractivity contribution in [1.29, 1.82) is 0 Å². The van der Waals surface area contributed by atoms with Crippen molar-refractivity contribution in [3.05, 3.63) is 83.9 Å². The lowest BCUT2D eigenvalue weighted by atomic mass is 9.87. The molecule has 2 N–H and O–H groups in total. The second-order valence-corrected chi connectivity index (χ2v) is 9.80. The SMILES string of the molecule is COc1ccc(C(=O)Nc2ccccc2)cc1NS(=O)(=O)c1ccc(C(C)(C)C)cc1. The summed E-state index contributed by atoms with van der Waals surface area (Å²) in [6.45, 7) is 6.18. The number of nitrogens with one attached hydrogen (secondary N) is 2. The van der Waals surface area contributed by atoms with Gasteiger partial charge in [0, 0.05) is 11.3 Å². The zero-order valence-electron chi connectivity index (χ0n) is 18.0. The maximum absolute atomic E-state index is 12.9. The van der Waals surface area contributed by atoms with Gasteiger partial charge in [-0.25, -0.2) is 8.42 Å². The van der Waals surface area contributed by atoms with Crippen molar-refractivity contribution in [2.45, 2.75) is 31.1 Å². The van der Waals surface area contributed by atoms with Crippen molar-refractivity contribution in [2.24, 2.45) is 0 Å². The molecule has 0 radical (unpaired) electrons. The normalized spacial score (nSPS) is 11.6. The van der Waals surface area contributed by atoms with Crippen LogP contribution in [0.25, 0.3) is 0 Å². The lowest BCUT2D eigenvalue weighted by Gasteiger charge is -2.19. The predicted molar refractivity (Wildman–Crippen MR) is 123 cm³/mol. The Hall–Kier alpha value is -3.32. The van der Waals surface area contributed by atoms with Crippen LogP contribution < -0.4 is 14.8 Å². The molecule has 0 unspecified atom stereocenters. The minimum Gasteiger partial charge on any atom is -0.495 e. The van der Waals surface area contributed by atoms with Crippen molar-refractivity contribution in [2.75, 3.05) is 17.1 Å². The minimum absolute atomic E-state index is 0.0839. The van der Waals surface area contributed by atoms with Gasteiger partial charge in [-0.05, 0) is 53.4 Å². The van der Waals surface area contributed by atoms with E-state index in [9.17, 15) is 13.2 Å². The first-order valence-corrected chi connectivity index (χ1v) is 11.3. The third kappa shape index (κ3) is 5.44. The molecule has 0 aliphatic rings. The fraction of sp³-hybridized carbons (Fsp3) is 0.208. The third-order valence-corrected chi connectivity index (χ3v) is 6.15. The first kappa shape index (κ1) is 22.4. The number of anilines is 2. The van der Waals surface area contributed by atoms with Crippen molar-refractivity contribution in [1.82, 2.24) is 0 Å². The highest BCUT2D eigenvalue weighted by molar-refractivity contribution is 7.92. The summed E-state index contributed by atoms with van der Waals surface area (Å²) in [7, 11) is -2.43. The average molecular weight is 439 g/mol. The molecule has 0 spiro atoms. The molecule has 3 aromatic carbocycles. The zero-order valence-corrected chi connectivity index (χ0v) is 18.8. The van der Waals surface area contributed by atoms with Crippen molar-refractivity contribution in [3.8, 4) is 5.75 Å². The molecular weight excluding hydrogens is 412 g/mol. The van der Waals surface area contributed by atoms with E-state index >= 15 is 0 Å². The van der Waals surface area contributed by atoms with E-state index in [1.807, 2.05) is 18.2 Å². The first-order chi connectivity index (χ1) is 14.6. The number of sulfonamides is 1. The number of carbonyl (C=O) groups excluding carboxylic acids is 1. The number of carbonyl (C=O) groups is 1. The fourth-order valence-electron chi connectivity index (χ4n) is 2.99. The Morgan fingerprint density at radius 1 is 0.903 bits per heavy atom. The highest BCUT2D eigenvalue weighted by atomic mass is 32.2. The number of hydrogen-bond acceptors (Lipinski definition) is 4. The van der Waals surface area contributed by atoms with Crippen LogP contribution in [0.2, 0.25) is 0 Å². The van der Waals surface area contributed by atoms with Crippen molar-refractivity contribution < 1.29 is 17.9 Å². The summed E-state index contributed by atoms with van der Waals surface area (Å²) in [6, 6.07) is 20.4. The van der Waals surface area contributed by atoms with Crippen LogP contribution in [0.15, 0.2) is 77.7 Å². The van der Waals surface area contributed by atoms with E-state index in [0.29, 0.717) is 17.0 Å². The monoisotopic (exact) mass is 438 g/mol. The average Bonchev–Trinajstić information content (AvgIpc) is 2.73.